The average Bonchev–Trinajstić information content (AvgIpc) is 3.12. The highest BCUT2D eigenvalue weighted by Gasteiger charge is 2.21. The zero-order valence-electron chi connectivity index (χ0n) is 16.4. The second-order valence-electron chi connectivity index (χ2n) is 6.61. The SMILES string of the molecule is CC(c1nnc(SCC(=O)Nc2ncc(Cl)cc2Cl)n1-c1ccc(F)cc1)N(C)C. The number of carbonyl (C=O) groups is 1. The predicted molar refractivity (Wildman–Crippen MR) is 117 cm³/mol. The molecule has 3 aromatic rings. The molecule has 0 spiro atoms. The number of benzene rings is 1. The molecule has 1 unspecified atom stereocenters. The van der Waals surface area contributed by atoms with E-state index < -0.39 is 0 Å². The molecule has 0 radical (unpaired) electrons. The fourth-order valence-electron chi connectivity index (χ4n) is 2.51. The third kappa shape index (κ3) is 5.28. The van der Waals surface area contributed by atoms with Crippen LogP contribution in [-0.2, 0) is 4.79 Å². The number of rotatable bonds is 7. The van der Waals surface area contributed by atoms with Crippen LogP contribution >= 0.6 is 35.0 Å². The van der Waals surface area contributed by atoms with Crippen molar-refractivity contribution in [3.63, 3.8) is 0 Å². The molecule has 0 bridgehead atoms. The van der Waals surface area contributed by atoms with E-state index in [0.29, 0.717) is 21.7 Å². The van der Waals surface area contributed by atoms with Gasteiger partial charge in [0.05, 0.1) is 21.8 Å². The number of amides is 1. The Balaban J connectivity index is 1.81. The van der Waals surface area contributed by atoms with Crippen LogP contribution < -0.4 is 5.32 Å². The van der Waals surface area contributed by atoms with E-state index in [0.717, 1.165) is 0 Å². The smallest absolute Gasteiger partial charge is 0.236 e. The molecule has 0 saturated carbocycles. The number of halogens is 3. The third-order valence-electron chi connectivity index (χ3n) is 4.29. The van der Waals surface area contributed by atoms with E-state index in [1.54, 1.807) is 12.1 Å². The summed E-state index contributed by atoms with van der Waals surface area (Å²) in [5, 5.41) is 12.3. The van der Waals surface area contributed by atoms with E-state index in [2.05, 4.69) is 20.5 Å². The summed E-state index contributed by atoms with van der Waals surface area (Å²) in [6, 6.07) is 7.48. The molecule has 0 saturated heterocycles. The Bertz CT molecular complexity index is 1040. The van der Waals surface area contributed by atoms with Gasteiger partial charge in [-0.25, -0.2) is 9.37 Å². The quantitative estimate of drug-likeness (QED) is 0.515. The van der Waals surface area contributed by atoms with Gasteiger partial charge < -0.3 is 5.32 Å². The van der Waals surface area contributed by atoms with Crippen molar-refractivity contribution in [2.45, 2.75) is 18.1 Å². The summed E-state index contributed by atoms with van der Waals surface area (Å²) in [6.45, 7) is 1.99. The molecule has 1 N–H and O–H groups in total. The number of nitrogens with one attached hydrogen (secondary N) is 1. The molecular formula is C19H19Cl2FN6OS. The topological polar surface area (TPSA) is 75.9 Å². The van der Waals surface area contributed by atoms with Crippen LogP contribution in [0, 0.1) is 5.82 Å². The largest absolute Gasteiger partial charge is 0.309 e. The maximum Gasteiger partial charge on any atom is 0.236 e. The van der Waals surface area contributed by atoms with Crippen molar-refractivity contribution in [1.82, 2.24) is 24.6 Å². The molecule has 30 heavy (non-hydrogen) atoms. The molecule has 0 aliphatic heterocycles. The van der Waals surface area contributed by atoms with Crippen LogP contribution in [0.2, 0.25) is 10.0 Å². The highest BCUT2D eigenvalue weighted by Crippen LogP contribution is 2.27. The number of anilines is 1. The standard InChI is InChI=1S/C19H19Cl2FN6OS/c1-11(27(2)3)18-25-26-19(28(18)14-6-4-13(22)5-7-14)30-10-16(29)24-17-15(21)8-12(20)9-23-17/h4-9,11H,10H2,1-3H3,(H,23,24,29). The average molecular weight is 469 g/mol. The van der Waals surface area contributed by atoms with Crippen LogP contribution in [0.25, 0.3) is 5.69 Å². The lowest BCUT2D eigenvalue weighted by molar-refractivity contribution is -0.113. The molecule has 3 rings (SSSR count). The Morgan fingerprint density at radius 2 is 1.97 bits per heavy atom. The monoisotopic (exact) mass is 468 g/mol. The minimum atomic E-state index is -0.338. The zero-order valence-corrected chi connectivity index (χ0v) is 18.8. The lowest BCUT2D eigenvalue weighted by Crippen LogP contribution is -2.21. The van der Waals surface area contributed by atoms with Gasteiger partial charge in [0.15, 0.2) is 16.8 Å². The number of carbonyl (C=O) groups excluding carboxylic acids is 1. The van der Waals surface area contributed by atoms with Crippen LogP contribution in [0.1, 0.15) is 18.8 Å². The fourth-order valence-corrected chi connectivity index (χ4v) is 3.70. The minimum absolute atomic E-state index is 0.0519. The van der Waals surface area contributed by atoms with Crippen molar-refractivity contribution < 1.29 is 9.18 Å². The van der Waals surface area contributed by atoms with Gasteiger partial charge in [0.1, 0.15) is 5.82 Å². The summed E-state index contributed by atoms with van der Waals surface area (Å²) in [5.41, 5.74) is 0.704. The molecule has 1 aromatic carbocycles. The first kappa shape index (κ1) is 22.5. The molecule has 2 heterocycles. The Labute approximate surface area is 187 Å². The van der Waals surface area contributed by atoms with E-state index in [1.165, 1.54) is 36.2 Å². The summed E-state index contributed by atoms with van der Waals surface area (Å²) < 4.78 is 15.2. The molecule has 7 nitrogen and oxygen atoms in total. The van der Waals surface area contributed by atoms with Crippen LogP contribution in [0.5, 0.6) is 0 Å². The van der Waals surface area contributed by atoms with Gasteiger partial charge in [0.2, 0.25) is 5.91 Å². The highest BCUT2D eigenvalue weighted by molar-refractivity contribution is 7.99. The predicted octanol–water partition coefficient (Wildman–Crippen LogP) is 4.46. The first-order valence-corrected chi connectivity index (χ1v) is 10.6. The summed E-state index contributed by atoms with van der Waals surface area (Å²) in [4.78, 5) is 18.4. The summed E-state index contributed by atoms with van der Waals surface area (Å²) in [6.07, 6.45) is 1.40. The summed E-state index contributed by atoms with van der Waals surface area (Å²) in [7, 11) is 3.86. The van der Waals surface area contributed by atoms with E-state index in [4.69, 9.17) is 23.2 Å². The second-order valence-corrected chi connectivity index (χ2v) is 8.40. The molecule has 0 aliphatic carbocycles. The summed E-state index contributed by atoms with van der Waals surface area (Å²) in [5.74, 6) is 0.309. The number of aromatic nitrogens is 4. The van der Waals surface area contributed by atoms with Crippen molar-refractivity contribution in [2.24, 2.45) is 0 Å². The van der Waals surface area contributed by atoms with Gasteiger partial charge in [0, 0.05) is 11.9 Å². The highest BCUT2D eigenvalue weighted by atomic mass is 35.5. The molecule has 1 atom stereocenters. The Kier molecular flexibility index (Phi) is 7.30. The Morgan fingerprint density at radius 1 is 1.27 bits per heavy atom. The van der Waals surface area contributed by atoms with Crippen LogP contribution in [-0.4, -0.2) is 50.4 Å². The van der Waals surface area contributed by atoms with Gasteiger partial charge in [-0.15, -0.1) is 10.2 Å². The summed E-state index contributed by atoms with van der Waals surface area (Å²) >= 11 is 13.1. The molecule has 11 heteroatoms. The van der Waals surface area contributed by atoms with Gasteiger partial charge in [0.25, 0.3) is 0 Å². The molecule has 0 aliphatic rings. The zero-order chi connectivity index (χ0) is 21.8. The number of nitrogens with zero attached hydrogens (tertiary/aromatic N) is 5. The van der Waals surface area contributed by atoms with Crippen molar-refractivity contribution >= 4 is 46.7 Å². The molecule has 0 fully saturated rings. The number of hydrogen-bond acceptors (Lipinski definition) is 6. The Morgan fingerprint density at radius 3 is 2.60 bits per heavy atom. The number of thioether (sulfide) groups is 1. The number of hydrogen-bond donors (Lipinski definition) is 1. The normalized spacial score (nSPS) is 12.2. The first-order valence-electron chi connectivity index (χ1n) is 8.87. The van der Waals surface area contributed by atoms with E-state index in [9.17, 15) is 9.18 Å². The van der Waals surface area contributed by atoms with Crippen LogP contribution in [0.15, 0.2) is 41.7 Å². The molecule has 2 aromatic heterocycles. The fraction of sp³-hybridized carbons (Fsp3) is 0.263. The van der Waals surface area contributed by atoms with Crippen molar-refractivity contribution in [1.29, 1.82) is 0 Å². The molecular weight excluding hydrogens is 450 g/mol. The Hall–Kier alpha value is -2.20. The van der Waals surface area contributed by atoms with E-state index in [-0.39, 0.29) is 34.4 Å². The van der Waals surface area contributed by atoms with Crippen molar-refractivity contribution in [2.75, 3.05) is 25.2 Å². The van der Waals surface area contributed by atoms with Crippen molar-refractivity contribution in [3.05, 3.63) is 58.2 Å². The number of pyridine rings is 1. The minimum Gasteiger partial charge on any atom is -0.309 e. The van der Waals surface area contributed by atoms with Crippen LogP contribution in [0.3, 0.4) is 0 Å². The van der Waals surface area contributed by atoms with E-state index in [1.807, 2.05) is 30.5 Å². The lowest BCUT2D eigenvalue weighted by Gasteiger charge is -2.20. The molecule has 158 valence electrons. The van der Waals surface area contributed by atoms with Gasteiger partial charge in [-0.2, -0.15) is 0 Å². The second kappa shape index (κ2) is 9.74. The van der Waals surface area contributed by atoms with Crippen LogP contribution in [0.4, 0.5) is 10.2 Å². The van der Waals surface area contributed by atoms with Gasteiger partial charge in [-0.05, 0) is 51.4 Å². The third-order valence-corrected chi connectivity index (χ3v) is 5.71. The maximum atomic E-state index is 13.4. The van der Waals surface area contributed by atoms with Gasteiger partial charge in [-0.3, -0.25) is 14.3 Å². The lowest BCUT2D eigenvalue weighted by atomic mass is 10.2. The van der Waals surface area contributed by atoms with Crippen molar-refractivity contribution in [3.8, 4) is 5.69 Å². The maximum absolute atomic E-state index is 13.4. The van der Waals surface area contributed by atoms with Gasteiger partial charge >= 0.3 is 0 Å². The first-order chi connectivity index (χ1) is 14.3. The van der Waals surface area contributed by atoms with E-state index >= 15 is 0 Å². The molecule has 1 amide bonds. The van der Waals surface area contributed by atoms with Gasteiger partial charge in [-0.1, -0.05) is 35.0 Å².